The third-order valence-corrected chi connectivity index (χ3v) is 5.78. The van der Waals surface area contributed by atoms with Gasteiger partial charge in [0.25, 0.3) is 0 Å². The van der Waals surface area contributed by atoms with Crippen molar-refractivity contribution in [3.63, 3.8) is 0 Å². The van der Waals surface area contributed by atoms with Crippen LogP contribution >= 0.6 is 0 Å². The summed E-state index contributed by atoms with van der Waals surface area (Å²) in [5.41, 5.74) is 8.75. The second-order valence-electron chi connectivity index (χ2n) is 8.23. The van der Waals surface area contributed by atoms with Crippen molar-refractivity contribution in [2.45, 2.75) is 44.8 Å². The molecule has 4 rings (SSSR count). The molecule has 4 nitrogen and oxygen atoms in total. The maximum absolute atomic E-state index is 10.5. The number of ether oxygens (including phenoxy) is 1. The van der Waals surface area contributed by atoms with E-state index < -0.39 is 6.10 Å². The topological polar surface area (TPSA) is 44.7 Å². The van der Waals surface area contributed by atoms with Gasteiger partial charge in [-0.25, -0.2) is 5.43 Å². The summed E-state index contributed by atoms with van der Waals surface area (Å²) in [6, 6.07) is 26.8. The van der Waals surface area contributed by atoms with E-state index in [9.17, 15) is 5.11 Å². The van der Waals surface area contributed by atoms with E-state index in [0.717, 1.165) is 24.4 Å². The number of aryl methyl sites for hydroxylation is 2. The van der Waals surface area contributed by atoms with Gasteiger partial charge in [-0.15, -0.1) is 0 Å². The maximum atomic E-state index is 10.5. The van der Waals surface area contributed by atoms with Crippen LogP contribution in [0.15, 0.2) is 78.9 Å². The third-order valence-electron chi connectivity index (χ3n) is 5.78. The van der Waals surface area contributed by atoms with Gasteiger partial charge in [0.2, 0.25) is 0 Å². The molecular formula is C27H32N2O2. The molecule has 0 fully saturated rings. The summed E-state index contributed by atoms with van der Waals surface area (Å²) in [7, 11) is 0. The maximum Gasteiger partial charge on any atom is 0.119 e. The average Bonchev–Trinajstić information content (AvgIpc) is 3.06. The Bertz CT molecular complexity index is 930. The Balaban J connectivity index is 1.43. The highest BCUT2D eigenvalue weighted by Gasteiger charge is 2.14. The summed E-state index contributed by atoms with van der Waals surface area (Å²) in [5, 5.41) is 12.6. The fourth-order valence-electron chi connectivity index (χ4n) is 4.05. The van der Waals surface area contributed by atoms with Crippen molar-refractivity contribution in [3.05, 3.63) is 95.6 Å². The molecule has 0 saturated heterocycles. The van der Waals surface area contributed by atoms with Gasteiger partial charge in [0.1, 0.15) is 18.5 Å². The quantitative estimate of drug-likeness (QED) is 0.384. The Kier molecular flexibility index (Phi) is 7.59. The highest BCUT2D eigenvalue weighted by Crippen LogP contribution is 2.26. The molecule has 0 saturated carbocycles. The van der Waals surface area contributed by atoms with Gasteiger partial charge in [0.15, 0.2) is 0 Å². The lowest BCUT2D eigenvalue weighted by atomic mass is 10.0. The fraction of sp³-hybridized carbons (Fsp3) is 0.333. The Morgan fingerprint density at radius 1 is 0.839 bits per heavy atom. The summed E-state index contributed by atoms with van der Waals surface area (Å²) in [6.45, 7) is 1.39. The minimum atomic E-state index is -0.612. The van der Waals surface area contributed by atoms with Crippen LogP contribution in [0.2, 0.25) is 0 Å². The highest BCUT2D eigenvalue weighted by atomic mass is 16.5. The molecule has 0 radical (unpaired) electrons. The number of aliphatic hydroxyl groups excluding tert-OH is 1. The number of anilines is 1. The van der Waals surface area contributed by atoms with Crippen LogP contribution in [0.3, 0.4) is 0 Å². The van der Waals surface area contributed by atoms with E-state index in [1.165, 1.54) is 42.4 Å². The first-order valence-electron chi connectivity index (χ1n) is 11.3. The first-order valence-corrected chi connectivity index (χ1v) is 11.3. The van der Waals surface area contributed by atoms with Gasteiger partial charge in [-0.3, -0.25) is 0 Å². The van der Waals surface area contributed by atoms with E-state index in [1.807, 2.05) is 36.4 Å². The smallest absolute Gasteiger partial charge is 0.119 e. The van der Waals surface area contributed by atoms with Gasteiger partial charge in [-0.05, 0) is 66.6 Å². The van der Waals surface area contributed by atoms with Gasteiger partial charge in [0, 0.05) is 6.54 Å². The molecule has 0 aliphatic heterocycles. The highest BCUT2D eigenvalue weighted by molar-refractivity contribution is 5.51. The Morgan fingerprint density at radius 3 is 2.32 bits per heavy atom. The monoisotopic (exact) mass is 416 g/mol. The predicted molar refractivity (Wildman–Crippen MR) is 126 cm³/mol. The first-order chi connectivity index (χ1) is 15.3. The number of hydrogen-bond acceptors (Lipinski definition) is 4. The normalized spacial score (nSPS) is 14.4. The van der Waals surface area contributed by atoms with Gasteiger partial charge in [0.05, 0.1) is 12.2 Å². The van der Waals surface area contributed by atoms with E-state index in [4.69, 9.17) is 4.74 Å². The van der Waals surface area contributed by atoms with Crippen molar-refractivity contribution in [1.29, 1.82) is 0 Å². The summed E-state index contributed by atoms with van der Waals surface area (Å²) < 4.78 is 5.70. The van der Waals surface area contributed by atoms with Crippen molar-refractivity contribution in [2.75, 3.05) is 18.2 Å². The lowest BCUT2D eigenvalue weighted by Crippen LogP contribution is -2.43. The van der Waals surface area contributed by atoms with Crippen molar-refractivity contribution in [2.24, 2.45) is 0 Å². The van der Waals surface area contributed by atoms with Crippen molar-refractivity contribution in [3.8, 4) is 5.75 Å². The van der Waals surface area contributed by atoms with E-state index in [2.05, 4.69) is 52.9 Å². The molecule has 2 N–H and O–H groups in total. The summed E-state index contributed by atoms with van der Waals surface area (Å²) in [5.74, 6) is 0.772. The van der Waals surface area contributed by atoms with Crippen LogP contribution in [0.5, 0.6) is 5.75 Å². The fourth-order valence-corrected chi connectivity index (χ4v) is 4.05. The van der Waals surface area contributed by atoms with Crippen molar-refractivity contribution >= 4 is 5.69 Å². The molecule has 0 aromatic heterocycles. The number of aliphatic hydroxyl groups is 1. The minimum Gasteiger partial charge on any atom is -0.491 e. The van der Waals surface area contributed by atoms with E-state index in [1.54, 1.807) is 0 Å². The summed E-state index contributed by atoms with van der Waals surface area (Å²) in [4.78, 5) is 0. The molecule has 1 aliphatic rings. The van der Waals surface area contributed by atoms with E-state index >= 15 is 0 Å². The molecule has 1 atom stereocenters. The lowest BCUT2D eigenvalue weighted by Gasteiger charge is -2.28. The third kappa shape index (κ3) is 6.33. The number of nitrogens with zero attached hydrogens (tertiary/aromatic N) is 1. The van der Waals surface area contributed by atoms with Crippen molar-refractivity contribution < 1.29 is 9.84 Å². The van der Waals surface area contributed by atoms with Gasteiger partial charge in [-0.2, -0.15) is 0 Å². The van der Waals surface area contributed by atoms with E-state index in [0.29, 0.717) is 6.54 Å². The summed E-state index contributed by atoms with van der Waals surface area (Å²) in [6.07, 6.45) is 5.57. The SMILES string of the molecule is O[C@@H](CNN(Cc1ccccc1)c1ccc2c(c1)CCCCC2)COc1ccccc1. The van der Waals surface area contributed by atoms with Gasteiger partial charge in [-0.1, -0.05) is 61.0 Å². The van der Waals surface area contributed by atoms with Crippen LogP contribution in [0.1, 0.15) is 36.0 Å². The van der Waals surface area contributed by atoms with E-state index in [-0.39, 0.29) is 6.61 Å². The number of para-hydroxylation sites is 1. The Labute approximate surface area is 185 Å². The van der Waals surface area contributed by atoms with Crippen LogP contribution in [-0.2, 0) is 19.4 Å². The second-order valence-corrected chi connectivity index (χ2v) is 8.23. The number of benzene rings is 3. The molecule has 0 heterocycles. The average molecular weight is 417 g/mol. The zero-order chi connectivity index (χ0) is 21.3. The number of hydrazine groups is 1. The number of fused-ring (bicyclic) bond motifs is 1. The molecule has 0 bridgehead atoms. The number of rotatable bonds is 9. The molecule has 3 aromatic carbocycles. The molecule has 0 spiro atoms. The van der Waals surface area contributed by atoms with Crippen LogP contribution < -0.4 is 15.2 Å². The standard InChI is InChI=1S/C27H32N2O2/c30-26(21-31-27-14-8-3-9-15-27)19-28-29(20-22-10-4-1-5-11-22)25-17-16-23-12-6-2-7-13-24(23)18-25/h1,3-5,8-11,14-18,26,28,30H,2,6-7,12-13,19-21H2/t26-/m0/s1. The first kappa shape index (κ1) is 21.4. The van der Waals surface area contributed by atoms with Gasteiger partial charge < -0.3 is 14.9 Å². The molecule has 162 valence electrons. The van der Waals surface area contributed by atoms with Crippen LogP contribution in [-0.4, -0.2) is 24.4 Å². The van der Waals surface area contributed by atoms with Crippen LogP contribution in [0.25, 0.3) is 0 Å². The lowest BCUT2D eigenvalue weighted by molar-refractivity contribution is 0.105. The zero-order valence-electron chi connectivity index (χ0n) is 18.0. The van der Waals surface area contributed by atoms with Crippen molar-refractivity contribution in [1.82, 2.24) is 5.43 Å². The Hall–Kier alpha value is -2.82. The zero-order valence-corrected chi connectivity index (χ0v) is 18.0. The van der Waals surface area contributed by atoms with Crippen LogP contribution in [0.4, 0.5) is 5.69 Å². The molecule has 3 aromatic rings. The second kappa shape index (κ2) is 11.0. The minimum absolute atomic E-state index is 0.250. The molecule has 0 unspecified atom stereocenters. The summed E-state index contributed by atoms with van der Waals surface area (Å²) >= 11 is 0. The molecular weight excluding hydrogens is 384 g/mol. The molecule has 1 aliphatic carbocycles. The van der Waals surface area contributed by atoms with Crippen LogP contribution in [0, 0.1) is 0 Å². The predicted octanol–water partition coefficient (Wildman–Crippen LogP) is 4.91. The number of nitrogens with one attached hydrogen (secondary N) is 1. The molecule has 31 heavy (non-hydrogen) atoms. The number of hydrogen-bond donors (Lipinski definition) is 2. The molecule has 0 amide bonds. The Morgan fingerprint density at radius 2 is 1.55 bits per heavy atom. The molecule has 4 heteroatoms. The van der Waals surface area contributed by atoms with Gasteiger partial charge >= 0.3 is 0 Å². The largest absolute Gasteiger partial charge is 0.491 e.